The number of nitrogens with zero attached hydrogens (tertiary/aromatic N) is 2. The Bertz CT molecular complexity index is 535. The quantitative estimate of drug-likeness (QED) is 0.423. The molecule has 24 heavy (non-hydrogen) atoms. The first-order valence-electron chi connectivity index (χ1n) is 8.15. The third-order valence-electron chi connectivity index (χ3n) is 4.05. The van der Waals surface area contributed by atoms with Crippen molar-refractivity contribution < 1.29 is 13.5 Å². The van der Waals surface area contributed by atoms with Gasteiger partial charge in [0.2, 0.25) is 0 Å². The van der Waals surface area contributed by atoms with E-state index in [2.05, 4.69) is 15.2 Å². The maximum absolute atomic E-state index is 13.6. The van der Waals surface area contributed by atoms with Crippen LogP contribution in [-0.2, 0) is 11.2 Å². The monoisotopic (exact) mass is 453 g/mol. The fourth-order valence-electron chi connectivity index (χ4n) is 2.84. The Balaban J connectivity index is 0.00000288. The average molecular weight is 453 g/mol. The number of benzene rings is 1. The molecule has 1 saturated heterocycles. The number of likely N-dealkylation sites (tertiary alicyclic amines) is 1. The smallest absolute Gasteiger partial charge is 0.193 e. The Hall–Kier alpha value is -0.960. The largest absolute Gasteiger partial charge is 0.378 e. The standard InChI is InChI=1S/C17H25F2N3O.HI/c1-3-23-15-7-10-22(11-8-15)17(20-2)21-9-6-13-4-5-14(18)12-16(13)19;/h4-5,12,15H,3,6-11H2,1-2H3,(H,20,21);1H. The van der Waals surface area contributed by atoms with Crippen LogP contribution in [0, 0.1) is 11.6 Å². The molecule has 0 aliphatic carbocycles. The molecule has 0 amide bonds. The van der Waals surface area contributed by atoms with Gasteiger partial charge in [0.05, 0.1) is 6.10 Å². The highest BCUT2D eigenvalue weighted by Crippen LogP contribution is 2.14. The number of guanidine groups is 1. The number of nitrogens with one attached hydrogen (secondary N) is 1. The Morgan fingerprint density at radius 1 is 1.33 bits per heavy atom. The van der Waals surface area contributed by atoms with E-state index in [4.69, 9.17) is 4.74 Å². The molecule has 1 N–H and O–H groups in total. The molecule has 0 bridgehead atoms. The van der Waals surface area contributed by atoms with E-state index in [9.17, 15) is 8.78 Å². The third kappa shape index (κ3) is 6.16. The van der Waals surface area contributed by atoms with Crippen LogP contribution < -0.4 is 5.32 Å². The zero-order valence-electron chi connectivity index (χ0n) is 14.2. The van der Waals surface area contributed by atoms with E-state index in [1.54, 1.807) is 7.05 Å². The lowest BCUT2D eigenvalue weighted by atomic mass is 10.1. The zero-order chi connectivity index (χ0) is 16.7. The number of rotatable bonds is 5. The van der Waals surface area contributed by atoms with Gasteiger partial charge in [-0.1, -0.05) is 6.07 Å². The zero-order valence-corrected chi connectivity index (χ0v) is 16.6. The van der Waals surface area contributed by atoms with Crippen molar-refractivity contribution in [2.75, 3.05) is 33.3 Å². The molecule has 1 fully saturated rings. The molecule has 1 aliphatic heterocycles. The molecule has 1 heterocycles. The maximum atomic E-state index is 13.6. The van der Waals surface area contributed by atoms with E-state index in [1.165, 1.54) is 12.1 Å². The first-order valence-corrected chi connectivity index (χ1v) is 8.15. The molecular weight excluding hydrogens is 427 g/mol. The van der Waals surface area contributed by atoms with Gasteiger partial charge >= 0.3 is 0 Å². The summed E-state index contributed by atoms with van der Waals surface area (Å²) >= 11 is 0. The van der Waals surface area contributed by atoms with Gasteiger partial charge in [-0.25, -0.2) is 8.78 Å². The van der Waals surface area contributed by atoms with Gasteiger partial charge in [-0.15, -0.1) is 24.0 Å². The van der Waals surface area contributed by atoms with E-state index in [1.807, 2.05) is 6.92 Å². The lowest BCUT2D eigenvalue weighted by molar-refractivity contribution is 0.0264. The SMILES string of the molecule is CCOC1CCN(C(=NC)NCCc2ccc(F)cc2F)CC1.I. The number of hydrogen-bond acceptors (Lipinski definition) is 2. The predicted molar refractivity (Wildman–Crippen MR) is 103 cm³/mol. The summed E-state index contributed by atoms with van der Waals surface area (Å²) in [4.78, 5) is 6.48. The van der Waals surface area contributed by atoms with Gasteiger partial charge in [-0.05, 0) is 37.8 Å². The fourth-order valence-corrected chi connectivity index (χ4v) is 2.84. The Morgan fingerprint density at radius 3 is 2.62 bits per heavy atom. The van der Waals surface area contributed by atoms with E-state index < -0.39 is 11.6 Å². The van der Waals surface area contributed by atoms with Gasteiger partial charge in [-0.3, -0.25) is 4.99 Å². The van der Waals surface area contributed by atoms with Crippen molar-refractivity contribution in [3.05, 3.63) is 35.4 Å². The Labute approximate surface area is 159 Å². The van der Waals surface area contributed by atoms with E-state index in [-0.39, 0.29) is 24.0 Å². The van der Waals surface area contributed by atoms with Crippen LogP contribution in [0.4, 0.5) is 8.78 Å². The van der Waals surface area contributed by atoms with Crippen LogP contribution in [0.1, 0.15) is 25.3 Å². The van der Waals surface area contributed by atoms with E-state index in [0.717, 1.165) is 44.6 Å². The molecule has 0 unspecified atom stereocenters. The second-order valence-corrected chi connectivity index (χ2v) is 5.60. The van der Waals surface area contributed by atoms with E-state index >= 15 is 0 Å². The van der Waals surface area contributed by atoms with E-state index in [0.29, 0.717) is 24.6 Å². The number of aliphatic imine (C=N–C) groups is 1. The lowest BCUT2D eigenvalue weighted by Gasteiger charge is -2.34. The number of ether oxygens (including phenoxy) is 1. The van der Waals surface area contributed by atoms with Crippen LogP contribution >= 0.6 is 24.0 Å². The molecule has 2 rings (SSSR count). The molecule has 0 atom stereocenters. The third-order valence-corrected chi connectivity index (χ3v) is 4.05. The van der Waals surface area contributed by atoms with Gasteiger partial charge in [0, 0.05) is 39.4 Å². The summed E-state index contributed by atoms with van der Waals surface area (Å²) in [7, 11) is 1.75. The van der Waals surface area contributed by atoms with Crippen LogP contribution in [0.3, 0.4) is 0 Å². The fraction of sp³-hybridized carbons (Fsp3) is 0.588. The van der Waals surface area contributed by atoms with Crippen molar-refractivity contribution in [2.24, 2.45) is 4.99 Å². The van der Waals surface area contributed by atoms with Crippen LogP contribution in [0.25, 0.3) is 0 Å². The molecule has 1 aromatic carbocycles. The lowest BCUT2D eigenvalue weighted by Crippen LogP contribution is -2.47. The molecule has 7 heteroatoms. The first-order chi connectivity index (χ1) is 11.1. The highest BCUT2D eigenvalue weighted by molar-refractivity contribution is 14.0. The van der Waals surface area contributed by atoms with Gasteiger partial charge in [0.25, 0.3) is 0 Å². The normalized spacial score (nSPS) is 16.0. The number of hydrogen-bond donors (Lipinski definition) is 1. The summed E-state index contributed by atoms with van der Waals surface area (Å²) in [5, 5.41) is 3.25. The van der Waals surface area contributed by atoms with Gasteiger partial charge in [0.1, 0.15) is 11.6 Å². The van der Waals surface area contributed by atoms with Crippen molar-refractivity contribution in [2.45, 2.75) is 32.3 Å². The molecule has 1 aliphatic rings. The van der Waals surface area contributed by atoms with Crippen molar-refractivity contribution in [1.29, 1.82) is 0 Å². The number of halogens is 3. The van der Waals surface area contributed by atoms with Crippen molar-refractivity contribution in [1.82, 2.24) is 10.2 Å². The average Bonchev–Trinajstić information content (AvgIpc) is 2.55. The predicted octanol–water partition coefficient (Wildman–Crippen LogP) is 3.20. The number of piperidine rings is 1. The van der Waals surface area contributed by atoms with Crippen LogP contribution in [0.5, 0.6) is 0 Å². The Morgan fingerprint density at radius 2 is 2.04 bits per heavy atom. The topological polar surface area (TPSA) is 36.9 Å². The summed E-state index contributed by atoms with van der Waals surface area (Å²) < 4.78 is 32.1. The van der Waals surface area contributed by atoms with Crippen LogP contribution in [0.2, 0.25) is 0 Å². The summed E-state index contributed by atoms with van der Waals surface area (Å²) in [5.74, 6) is -0.228. The highest BCUT2D eigenvalue weighted by atomic mass is 127. The first kappa shape index (κ1) is 21.1. The summed E-state index contributed by atoms with van der Waals surface area (Å²) in [6.45, 7) is 5.12. The molecule has 0 radical (unpaired) electrons. The van der Waals surface area contributed by atoms with Gasteiger partial charge < -0.3 is 15.0 Å². The van der Waals surface area contributed by atoms with Crippen molar-refractivity contribution >= 4 is 29.9 Å². The minimum Gasteiger partial charge on any atom is -0.378 e. The molecule has 0 spiro atoms. The summed E-state index contributed by atoms with van der Waals surface area (Å²) in [6, 6.07) is 3.69. The highest BCUT2D eigenvalue weighted by Gasteiger charge is 2.21. The van der Waals surface area contributed by atoms with Crippen molar-refractivity contribution in [3.8, 4) is 0 Å². The summed E-state index contributed by atoms with van der Waals surface area (Å²) in [5.41, 5.74) is 0.504. The molecule has 0 aromatic heterocycles. The van der Waals surface area contributed by atoms with Crippen molar-refractivity contribution in [3.63, 3.8) is 0 Å². The molecule has 1 aromatic rings. The second kappa shape index (κ2) is 10.8. The Kier molecular flexibility index (Phi) is 9.50. The maximum Gasteiger partial charge on any atom is 0.193 e. The van der Waals surface area contributed by atoms with Gasteiger partial charge in [0.15, 0.2) is 5.96 Å². The molecule has 4 nitrogen and oxygen atoms in total. The summed E-state index contributed by atoms with van der Waals surface area (Å²) in [6.07, 6.45) is 2.80. The minimum atomic E-state index is -0.549. The second-order valence-electron chi connectivity index (χ2n) is 5.60. The molecule has 136 valence electrons. The van der Waals surface area contributed by atoms with Crippen LogP contribution in [0.15, 0.2) is 23.2 Å². The molecule has 0 saturated carbocycles. The minimum absolute atomic E-state index is 0. The van der Waals surface area contributed by atoms with Crippen LogP contribution in [-0.4, -0.2) is 50.3 Å². The molecular formula is C17H26F2IN3O. The van der Waals surface area contributed by atoms with Gasteiger partial charge in [-0.2, -0.15) is 0 Å².